The third-order valence-electron chi connectivity index (χ3n) is 5.98. The minimum atomic E-state index is -4.45. The molecule has 0 N–H and O–H groups in total. The van der Waals surface area contributed by atoms with E-state index in [0.717, 1.165) is 39.9 Å². The average Bonchev–Trinajstić information content (AvgIpc) is 3.24. The Hall–Kier alpha value is -3.46. The number of hydrogen-bond donors (Lipinski definition) is 0. The predicted molar refractivity (Wildman–Crippen MR) is 134 cm³/mol. The fraction of sp³-hybridized carbons (Fsp3) is 0.259. The molecule has 1 aromatic heterocycles. The van der Waals surface area contributed by atoms with E-state index in [0.29, 0.717) is 28.4 Å². The van der Waals surface area contributed by atoms with Crippen LogP contribution in [0, 0.1) is 27.7 Å². The molecular formula is C27H25F3N2O3S. The van der Waals surface area contributed by atoms with E-state index in [1.165, 1.54) is 6.07 Å². The summed E-state index contributed by atoms with van der Waals surface area (Å²) in [7, 11) is 0. The number of carbonyl (C=O) groups excluding carboxylic acids is 2. The van der Waals surface area contributed by atoms with Gasteiger partial charge in [-0.3, -0.25) is 14.5 Å². The van der Waals surface area contributed by atoms with Crippen LogP contribution in [0.3, 0.4) is 0 Å². The minimum absolute atomic E-state index is 0.110. The highest BCUT2D eigenvalue weighted by atomic mass is 32.2. The topological polar surface area (TPSA) is 51.5 Å². The molecule has 0 atom stereocenters. The fourth-order valence-electron chi connectivity index (χ4n) is 4.10. The highest BCUT2D eigenvalue weighted by molar-refractivity contribution is 8.18. The van der Waals surface area contributed by atoms with E-state index in [9.17, 15) is 22.8 Å². The first-order valence-electron chi connectivity index (χ1n) is 11.3. The normalized spacial score (nSPS) is 15.3. The molecule has 188 valence electrons. The number of imide groups is 1. The van der Waals surface area contributed by atoms with Gasteiger partial charge in [0.15, 0.2) is 0 Å². The maximum absolute atomic E-state index is 13.2. The van der Waals surface area contributed by atoms with Crippen molar-refractivity contribution in [3.05, 3.63) is 87.1 Å². The van der Waals surface area contributed by atoms with E-state index in [-0.39, 0.29) is 23.3 Å². The number of aryl methyl sites for hydroxylation is 3. The van der Waals surface area contributed by atoms with Gasteiger partial charge in [-0.25, -0.2) is 0 Å². The van der Waals surface area contributed by atoms with Crippen molar-refractivity contribution in [1.29, 1.82) is 0 Å². The van der Waals surface area contributed by atoms with Gasteiger partial charge in [-0.2, -0.15) is 13.2 Å². The molecule has 0 spiro atoms. The largest absolute Gasteiger partial charge is 0.491 e. The molecule has 5 nitrogen and oxygen atoms in total. The molecule has 3 aromatic rings. The number of alkyl halides is 3. The number of aromatic nitrogens is 1. The van der Waals surface area contributed by atoms with E-state index in [1.54, 1.807) is 36.6 Å². The van der Waals surface area contributed by atoms with E-state index in [2.05, 4.69) is 0 Å². The number of nitrogens with zero attached hydrogens (tertiary/aromatic N) is 2. The number of hydrogen-bond acceptors (Lipinski definition) is 4. The van der Waals surface area contributed by atoms with E-state index >= 15 is 0 Å². The molecule has 0 saturated carbocycles. The number of thioether (sulfide) groups is 1. The molecule has 0 aliphatic carbocycles. The molecule has 1 saturated heterocycles. The Morgan fingerprint density at radius 2 is 1.75 bits per heavy atom. The van der Waals surface area contributed by atoms with Crippen molar-refractivity contribution >= 4 is 29.0 Å². The Balaban J connectivity index is 1.52. The molecule has 36 heavy (non-hydrogen) atoms. The van der Waals surface area contributed by atoms with Crippen LogP contribution >= 0.6 is 11.8 Å². The standard InChI is InChI=1S/C27H25F3N2O3S/c1-16-8-9-17(2)23(12-16)35-11-10-31-25(33)24(36-26(31)34)14-20-13-18(3)32(19(20)4)22-7-5-6-21(15-22)27(28,29)30/h5-9,12-15H,10-11H2,1-4H3/b24-14-. The second kappa shape index (κ2) is 9.89. The third-order valence-corrected chi connectivity index (χ3v) is 6.89. The van der Waals surface area contributed by atoms with Crippen molar-refractivity contribution in [2.24, 2.45) is 0 Å². The van der Waals surface area contributed by atoms with Gasteiger partial charge in [0, 0.05) is 17.1 Å². The van der Waals surface area contributed by atoms with Crippen LogP contribution in [-0.4, -0.2) is 33.8 Å². The number of ether oxygens (including phenoxy) is 1. The van der Waals surface area contributed by atoms with Gasteiger partial charge in [-0.05, 0) is 92.6 Å². The summed E-state index contributed by atoms with van der Waals surface area (Å²) in [6.45, 7) is 7.70. The van der Waals surface area contributed by atoms with Gasteiger partial charge in [0.2, 0.25) is 0 Å². The zero-order valence-electron chi connectivity index (χ0n) is 20.3. The molecule has 2 amide bonds. The van der Waals surface area contributed by atoms with Crippen molar-refractivity contribution in [1.82, 2.24) is 9.47 Å². The summed E-state index contributed by atoms with van der Waals surface area (Å²) in [5.41, 5.74) is 3.67. The second-order valence-electron chi connectivity index (χ2n) is 8.66. The summed E-state index contributed by atoms with van der Waals surface area (Å²) in [5, 5.41) is -0.387. The third kappa shape index (κ3) is 5.21. The van der Waals surface area contributed by atoms with Gasteiger partial charge < -0.3 is 9.30 Å². The van der Waals surface area contributed by atoms with Crippen molar-refractivity contribution in [3.63, 3.8) is 0 Å². The maximum atomic E-state index is 13.2. The first-order chi connectivity index (χ1) is 17.0. The van der Waals surface area contributed by atoms with Gasteiger partial charge in [0.05, 0.1) is 17.0 Å². The van der Waals surface area contributed by atoms with Crippen LogP contribution < -0.4 is 4.74 Å². The summed E-state index contributed by atoms with van der Waals surface area (Å²) in [6.07, 6.45) is -2.84. The summed E-state index contributed by atoms with van der Waals surface area (Å²) >= 11 is 0.839. The van der Waals surface area contributed by atoms with Crippen LogP contribution in [0.25, 0.3) is 11.8 Å². The molecule has 1 aliphatic heterocycles. The van der Waals surface area contributed by atoms with Crippen LogP contribution in [-0.2, 0) is 11.0 Å². The molecule has 0 radical (unpaired) electrons. The fourth-order valence-corrected chi connectivity index (χ4v) is 4.95. The first kappa shape index (κ1) is 25.6. The zero-order chi connectivity index (χ0) is 26.2. The van der Waals surface area contributed by atoms with E-state index < -0.39 is 17.6 Å². The lowest BCUT2D eigenvalue weighted by Crippen LogP contribution is -2.32. The Bertz CT molecular complexity index is 1380. The summed E-state index contributed by atoms with van der Waals surface area (Å²) in [5.74, 6) is 0.290. The lowest BCUT2D eigenvalue weighted by atomic mass is 10.1. The van der Waals surface area contributed by atoms with Crippen LogP contribution in [0.15, 0.2) is 53.4 Å². The summed E-state index contributed by atoms with van der Waals surface area (Å²) in [4.78, 5) is 26.9. The highest BCUT2D eigenvalue weighted by Crippen LogP contribution is 2.35. The number of carbonyl (C=O) groups is 2. The molecule has 0 bridgehead atoms. The average molecular weight is 515 g/mol. The monoisotopic (exact) mass is 514 g/mol. The van der Waals surface area contributed by atoms with Crippen LogP contribution in [0.2, 0.25) is 0 Å². The van der Waals surface area contributed by atoms with E-state index in [4.69, 9.17) is 4.74 Å². The molecule has 4 rings (SSSR count). The van der Waals surface area contributed by atoms with Crippen LogP contribution in [0.4, 0.5) is 18.0 Å². The number of rotatable bonds is 6. The zero-order valence-corrected chi connectivity index (χ0v) is 21.1. The highest BCUT2D eigenvalue weighted by Gasteiger charge is 2.35. The van der Waals surface area contributed by atoms with Gasteiger partial charge >= 0.3 is 6.18 Å². The smallest absolute Gasteiger partial charge is 0.416 e. The quantitative estimate of drug-likeness (QED) is 0.338. The molecule has 2 aromatic carbocycles. The van der Waals surface area contributed by atoms with Crippen molar-refractivity contribution in [2.75, 3.05) is 13.2 Å². The number of benzene rings is 2. The predicted octanol–water partition coefficient (Wildman–Crippen LogP) is 6.85. The second-order valence-corrected chi connectivity index (χ2v) is 9.65. The van der Waals surface area contributed by atoms with Crippen molar-refractivity contribution in [2.45, 2.75) is 33.9 Å². The number of halogens is 3. The van der Waals surface area contributed by atoms with Crippen LogP contribution in [0.5, 0.6) is 5.75 Å². The number of amides is 2. The van der Waals surface area contributed by atoms with Gasteiger partial charge in [-0.1, -0.05) is 18.2 Å². The summed E-state index contributed by atoms with van der Waals surface area (Å²) in [6, 6.07) is 12.7. The van der Waals surface area contributed by atoms with Crippen LogP contribution in [0.1, 0.15) is 33.6 Å². The Kier molecular flexibility index (Phi) is 7.04. The van der Waals surface area contributed by atoms with E-state index in [1.807, 2.05) is 32.0 Å². The van der Waals surface area contributed by atoms with Crippen molar-refractivity contribution in [3.8, 4) is 11.4 Å². The van der Waals surface area contributed by atoms with Gasteiger partial charge in [0.1, 0.15) is 12.4 Å². The van der Waals surface area contributed by atoms with Crippen molar-refractivity contribution < 1.29 is 27.5 Å². The molecular weight excluding hydrogens is 489 g/mol. The molecule has 2 heterocycles. The van der Waals surface area contributed by atoms with Gasteiger partial charge in [-0.15, -0.1) is 0 Å². The Morgan fingerprint density at radius 3 is 2.47 bits per heavy atom. The lowest BCUT2D eigenvalue weighted by molar-refractivity contribution is -0.137. The maximum Gasteiger partial charge on any atom is 0.416 e. The molecule has 1 aliphatic rings. The minimum Gasteiger partial charge on any atom is -0.491 e. The van der Waals surface area contributed by atoms with Gasteiger partial charge in [0.25, 0.3) is 11.1 Å². The molecule has 1 fully saturated rings. The molecule has 0 unspecified atom stereocenters. The Labute approximate surface area is 211 Å². The SMILES string of the molecule is Cc1ccc(C)c(OCCN2C(=O)S/C(=C\c3cc(C)n(-c4cccc(C(F)(F)F)c4)c3C)C2=O)c1. The molecule has 9 heteroatoms. The first-order valence-corrected chi connectivity index (χ1v) is 12.1. The lowest BCUT2D eigenvalue weighted by Gasteiger charge is -2.14. The summed E-state index contributed by atoms with van der Waals surface area (Å²) < 4.78 is 47.1. The Morgan fingerprint density at radius 1 is 1.00 bits per heavy atom.